The van der Waals surface area contributed by atoms with Crippen LogP contribution in [0, 0.1) is 0 Å². The molecule has 28 heavy (non-hydrogen) atoms. The summed E-state index contributed by atoms with van der Waals surface area (Å²) in [5.74, 6) is -1.76. The molecule has 0 aliphatic carbocycles. The number of nitrogens with one attached hydrogen (secondary N) is 1. The Labute approximate surface area is 166 Å². The fraction of sp³-hybridized carbons (Fsp3) is 0.133. The number of hydrogen-bond donors (Lipinski definition) is 1. The van der Waals surface area contributed by atoms with Gasteiger partial charge in [0.1, 0.15) is 5.75 Å². The predicted octanol–water partition coefficient (Wildman–Crippen LogP) is 4.12. The molecule has 0 fully saturated rings. The molecule has 0 aromatic heterocycles. The molecule has 0 heterocycles. The zero-order valence-electron chi connectivity index (χ0n) is 13.5. The van der Waals surface area contributed by atoms with Crippen molar-refractivity contribution in [1.82, 2.24) is 9.25 Å². The van der Waals surface area contributed by atoms with Crippen molar-refractivity contribution in [3.8, 4) is 5.75 Å². The highest BCUT2D eigenvalue weighted by Gasteiger charge is 2.35. The Kier molecular flexibility index (Phi) is 6.75. The largest absolute Gasteiger partial charge is 0.458 e. The molecule has 152 valence electrons. The number of carbonyl (C=O) groups excluding carboxylic acids is 1. The number of halogens is 6. The van der Waals surface area contributed by atoms with Crippen LogP contribution in [0.1, 0.15) is 15.9 Å². The van der Waals surface area contributed by atoms with Crippen LogP contribution in [0.15, 0.2) is 48.5 Å². The molecular weight excluding hydrogens is 451 g/mol. The van der Waals surface area contributed by atoms with Crippen molar-refractivity contribution in [3.05, 3.63) is 64.7 Å². The third-order valence-electron chi connectivity index (χ3n) is 3.12. The molecule has 0 spiro atoms. The van der Waals surface area contributed by atoms with Crippen LogP contribution in [0.2, 0.25) is 5.02 Å². The van der Waals surface area contributed by atoms with Crippen LogP contribution in [0.5, 0.6) is 5.75 Å². The maximum absolute atomic E-state index is 14.1. The molecule has 2 rings (SSSR count). The van der Waals surface area contributed by atoms with Crippen molar-refractivity contribution in [2.75, 3.05) is 0 Å². The molecule has 0 aliphatic heterocycles. The summed E-state index contributed by atoms with van der Waals surface area (Å²) in [6.45, 7) is 0. The Balaban J connectivity index is 2.13. The quantitative estimate of drug-likeness (QED) is 0.231. The summed E-state index contributed by atoms with van der Waals surface area (Å²) in [5.41, 5.74) is -3.79. The van der Waals surface area contributed by atoms with Crippen molar-refractivity contribution in [1.29, 1.82) is 0 Å². The number of hydrogen-bond acceptors (Lipinski definition) is 4. The van der Waals surface area contributed by atoms with Gasteiger partial charge < -0.3 is 4.74 Å². The monoisotopic (exact) mass is 460 g/mol. The smallest absolute Gasteiger partial charge is 0.417 e. The number of ether oxygens (including phenoxy) is 1. The van der Waals surface area contributed by atoms with E-state index in [1.54, 1.807) is 6.07 Å². The van der Waals surface area contributed by atoms with Gasteiger partial charge in [-0.3, -0.25) is 4.79 Å². The van der Waals surface area contributed by atoms with Crippen LogP contribution in [0.3, 0.4) is 0 Å². The third-order valence-corrected chi connectivity index (χ3v) is 4.92. The van der Waals surface area contributed by atoms with Crippen LogP contribution in [0.4, 0.5) is 17.7 Å². The molecule has 1 unspecified atom stereocenters. The number of benzene rings is 2. The lowest BCUT2D eigenvalue weighted by Gasteiger charge is -2.20. The van der Waals surface area contributed by atoms with Gasteiger partial charge in [-0.25, -0.2) is 4.72 Å². The Morgan fingerprint density at radius 2 is 1.75 bits per heavy atom. The van der Waals surface area contributed by atoms with E-state index in [0.717, 1.165) is 12.1 Å². The first-order valence-corrected chi connectivity index (χ1v) is 9.42. The Bertz CT molecular complexity index is 958. The SMILES string of the molecule is O=C(NS(=O)(=O)N(F)C(Cl)Oc1ccc(Cl)c(C(F)(F)F)c1)c1ccccc1. The van der Waals surface area contributed by atoms with E-state index in [-0.39, 0.29) is 5.56 Å². The molecule has 0 radical (unpaired) electrons. The van der Waals surface area contributed by atoms with Crippen LogP contribution in [-0.4, -0.2) is 24.5 Å². The molecule has 6 nitrogen and oxygen atoms in total. The van der Waals surface area contributed by atoms with Crippen molar-refractivity contribution < 1.29 is 35.6 Å². The summed E-state index contributed by atoms with van der Waals surface area (Å²) in [4.78, 5) is 11.8. The van der Waals surface area contributed by atoms with Crippen molar-refractivity contribution in [2.24, 2.45) is 0 Å². The first-order chi connectivity index (χ1) is 12.9. The molecular formula is C15H10Cl2F4N2O4S. The molecule has 2 aromatic rings. The summed E-state index contributed by atoms with van der Waals surface area (Å²) < 4.78 is 81.3. The molecule has 0 saturated carbocycles. The second-order valence-electron chi connectivity index (χ2n) is 5.09. The van der Waals surface area contributed by atoms with E-state index in [1.165, 1.54) is 29.0 Å². The Morgan fingerprint density at radius 1 is 1.14 bits per heavy atom. The predicted molar refractivity (Wildman–Crippen MR) is 92.5 cm³/mol. The van der Waals surface area contributed by atoms with E-state index in [2.05, 4.69) is 4.74 Å². The second kappa shape index (κ2) is 8.52. The van der Waals surface area contributed by atoms with Gasteiger partial charge in [0.25, 0.3) is 11.6 Å². The third kappa shape index (κ3) is 5.47. The summed E-state index contributed by atoms with van der Waals surface area (Å²) in [5, 5.41) is -0.647. The Hall–Kier alpha value is -2.08. The van der Waals surface area contributed by atoms with Crippen LogP contribution >= 0.6 is 23.2 Å². The van der Waals surface area contributed by atoms with Gasteiger partial charge in [-0.05, 0) is 30.3 Å². The zero-order chi connectivity index (χ0) is 21.1. The number of alkyl halides is 4. The number of nitrogens with zero attached hydrogens (tertiary/aromatic N) is 1. The highest BCUT2D eigenvalue weighted by Crippen LogP contribution is 2.37. The fourth-order valence-electron chi connectivity index (χ4n) is 1.87. The normalized spacial score (nSPS) is 13.2. The molecule has 13 heteroatoms. The second-order valence-corrected chi connectivity index (χ2v) is 7.38. The minimum atomic E-state index is -5.11. The van der Waals surface area contributed by atoms with Gasteiger partial charge in [0, 0.05) is 10.1 Å². The molecule has 1 N–H and O–H groups in total. The zero-order valence-corrected chi connectivity index (χ0v) is 15.8. The van der Waals surface area contributed by atoms with Crippen LogP contribution in [-0.2, 0) is 16.4 Å². The number of rotatable bonds is 6. The average molecular weight is 461 g/mol. The van der Waals surface area contributed by atoms with Crippen molar-refractivity contribution in [3.63, 3.8) is 0 Å². The van der Waals surface area contributed by atoms with Gasteiger partial charge in [0.15, 0.2) is 0 Å². The van der Waals surface area contributed by atoms with E-state index < -0.39 is 48.8 Å². The van der Waals surface area contributed by atoms with E-state index >= 15 is 0 Å². The molecule has 1 atom stereocenters. The van der Waals surface area contributed by atoms with Gasteiger partial charge in [0.2, 0.25) is 0 Å². The van der Waals surface area contributed by atoms with Crippen LogP contribution < -0.4 is 9.46 Å². The van der Waals surface area contributed by atoms with Gasteiger partial charge in [-0.2, -0.15) is 21.6 Å². The maximum atomic E-state index is 14.1. The fourth-order valence-corrected chi connectivity index (χ4v) is 3.21. The summed E-state index contributed by atoms with van der Waals surface area (Å²) in [7, 11) is -5.11. The molecule has 0 aliphatic rings. The van der Waals surface area contributed by atoms with E-state index in [4.69, 9.17) is 23.2 Å². The van der Waals surface area contributed by atoms with Gasteiger partial charge in [-0.1, -0.05) is 41.4 Å². The lowest BCUT2D eigenvalue weighted by atomic mass is 10.2. The minimum Gasteiger partial charge on any atom is -0.458 e. The average Bonchev–Trinajstić information content (AvgIpc) is 2.62. The first kappa shape index (κ1) is 22.2. The van der Waals surface area contributed by atoms with Gasteiger partial charge in [0.05, 0.1) is 10.6 Å². The summed E-state index contributed by atoms with van der Waals surface area (Å²) in [6.07, 6.45) is -4.83. The highest BCUT2D eigenvalue weighted by atomic mass is 35.5. The standard InChI is InChI=1S/C15H10Cl2F4N2O4S/c16-12-7-6-10(8-11(12)15(18,19)20)27-14(17)23(21)28(25,26)22-13(24)9-4-2-1-3-5-9/h1-8,14H,(H,22,24). The summed E-state index contributed by atoms with van der Waals surface area (Å²) in [6, 6.07) is 9.16. The lowest BCUT2D eigenvalue weighted by Crippen LogP contribution is -2.44. The van der Waals surface area contributed by atoms with Gasteiger partial charge >= 0.3 is 16.4 Å². The van der Waals surface area contributed by atoms with E-state index in [0.29, 0.717) is 6.07 Å². The Morgan fingerprint density at radius 3 is 2.32 bits per heavy atom. The maximum Gasteiger partial charge on any atom is 0.417 e. The van der Waals surface area contributed by atoms with E-state index in [9.17, 15) is 30.9 Å². The number of amides is 1. The topological polar surface area (TPSA) is 75.7 Å². The number of carbonyl (C=O) groups is 1. The van der Waals surface area contributed by atoms with Gasteiger partial charge in [-0.15, -0.1) is 4.48 Å². The molecule has 1 amide bonds. The van der Waals surface area contributed by atoms with Crippen molar-refractivity contribution in [2.45, 2.75) is 11.9 Å². The lowest BCUT2D eigenvalue weighted by molar-refractivity contribution is -0.137. The minimum absolute atomic E-state index is 0.0842. The van der Waals surface area contributed by atoms with E-state index in [1.807, 2.05) is 0 Å². The summed E-state index contributed by atoms with van der Waals surface area (Å²) >= 11 is 10.9. The van der Waals surface area contributed by atoms with Crippen molar-refractivity contribution >= 4 is 39.3 Å². The first-order valence-electron chi connectivity index (χ1n) is 7.16. The molecule has 2 aromatic carbocycles. The van der Waals surface area contributed by atoms with Crippen LogP contribution in [0.25, 0.3) is 0 Å². The molecule has 0 saturated heterocycles. The highest BCUT2D eigenvalue weighted by molar-refractivity contribution is 7.87. The molecule has 0 bridgehead atoms.